The maximum absolute atomic E-state index is 12.7. The van der Waals surface area contributed by atoms with Crippen LogP contribution in [0.3, 0.4) is 0 Å². The third kappa shape index (κ3) is 5.46. The van der Waals surface area contributed by atoms with Crippen molar-refractivity contribution in [3.63, 3.8) is 0 Å². The summed E-state index contributed by atoms with van der Waals surface area (Å²) in [7, 11) is 0. The summed E-state index contributed by atoms with van der Waals surface area (Å²) in [5.74, 6) is -0.673. The molecular formula is C18H13ClF3NO5. The van der Waals surface area contributed by atoms with Crippen molar-refractivity contribution in [3.05, 3.63) is 68.7 Å². The summed E-state index contributed by atoms with van der Waals surface area (Å²) in [6, 6.07) is 6.20. The number of nitrogens with zero attached hydrogens (tertiary/aromatic N) is 1. The van der Waals surface area contributed by atoms with E-state index in [1.54, 1.807) is 6.92 Å². The van der Waals surface area contributed by atoms with E-state index in [1.807, 2.05) is 0 Å². The fourth-order valence-electron chi connectivity index (χ4n) is 2.13. The minimum atomic E-state index is -4.55. The highest BCUT2D eigenvalue weighted by molar-refractivity contribution is 6.32. The molecule has 0 heterocycles. The van der Waals surface area contributed by atoms with Crippen molar-refractivity contribution in [2.45, 2.75) is 13.1 Å². The molecule has 2 aromatic rings. The second kappa shape index (κ2) is 8.75. The molecule has 0 N–H and O–H groups in total. The molecule has 0 saturated heterocycles. The molecule has 28 heavy (non-hydrogen) atoms. The number of hydrogen-bond acceptors (Lipinski definition) is 5. The average molecular weight is 416 g/mol. The number of carbonyl (C=O) groups excluding carboxylic acids is 1. The first-order valence-electron chi connectivity index (χ1n) is 7.79. The van der Waals surface area contributed by atoms with Crippen LogP contribution in [0.1, 0.15) is 18.1 Å². The van der Waals surface area contributed by atoms with Crippen molar-refractivity contribution < 1.29 is 32.4 Å². The summed E-state index contributed by atoms with van der Waals surface area (Å²) in [5, 5.41) is 10.9. The van der Waals surface area contributed by atoms with Gasteiger partial charge < -0.3 is 9.47 Å². The number of halogens is 4. The van der Waals surface area contributed by atoms with Crippen LogP contribution < -0.4 is 4.74 Å². The van der Waals surface area contributed by atoms with Crippen LogP contribution >= 0.6 is 11.6 Å². The van der Waals surface area contributed by atoms with Crippen molar-refractivity contribution in [1.82, 2.24) is 0 Å². The zero-order valence-electron chi connectivity index (χ0n) is 14.3. The molecule has 0 aliphatic carbocycles. The van der Waals surface area contributed by atoms with Crippen LogP contribution in [-0.2, 0) is 15.7 Å². The van der Waals surface area contributed by atoms with Gasteiger partial charge in [-0.3, -0.25) is 10.1 Å². The Bertz CT molecular complexity index is 928. The van der Waals surface area contributed by atoms with Gasteiger partial charge in [-0.1, -0.05) is 11.6 Å². The van der Waals surface area contributed by atoms with Crippen molar-refractivity contribution in [2.75, 3.05) is 6.61 Å². The van der Waals surface area contributed by atoms with E-state index in [9.17, 15) is 28.1 Å². The number of alkyl halides is 3. The van der Waals surface area contributed by atoms with E-state index in [4.69, 9.17) is 21.1 Å². The van der Waals surface area contributed by atoms with Crippen LogP contribution in [0.4, 0.5) is 18.9 Å². The summed E-state index contributed by atoms with van der Waals surface area (Å²) in [5.41, 5.74) is -1.20. The lowest BCUT2D eigenvalue weighted by atomic mass is 10.1. The molecule has 0 spiro atoms. The molecule has 0 saturated carbocycles. The van der Waals surface area contributed by atoms with Gasteiger partial charge in [0.25, 0.3) is 5.69 Å². The molecule has 0 radical (unpaired) electrons. The van der Waals surface area contributed by atoms with E-state index in [2.05, 4.69) is 0 Å². The van der Waals surface area contributed by atoms with Gasteiger partial charge in [0.1, 0.15) is 11.5 Å². The van der Waals surface area contributed by atoms with Crippen molar-refractivity contribution in [1.29, 1.82) is 0 Å². The Kier molecular flexibility index (Phi) is 6.63. The molecule has 0 aliphatic rings. The quantitative estimate of drug-likeness (QED) is 0.264. The molecule has 0 bridgehead atoms. The minimum absolute atomic E-state index is 0.0404. The highest BCUT2D eigenvalue weighted by atomic mass is 35.5. The Balaban J connectivity index is 2.33. The van der Waals surface area contributed by atoms with Crippen molar-refractivity contribution in [2.24, 2.45) is 0 Å². The lowest BCUT2D eigenvalue weighted by molar-refractivity contribution is -0.385. The second-order valence-corrected chi connectivity index (χ2v) is 5.72. The maximum atomic E-state index is 12.7. The summed E-state index contributed by atoms with van der Waals surface area (Å²) >= 11 is 5.84. The first-order valence-corrected chi connectivity index (χ1v) is 8.17. The number of rotatable bonds is 6. The minimum Gasteiger partial charge on any atom is -0.463 e. The fraction of sp³-hybridized carbons (Fsp3) is 0.167. The van der Waals surface area contributed by atoms with Crippen LogP contribution in [0.25, 0.3) is 6.08 Å². The van der Waals surface area contributed by atoms with Crippen LogP contribution in [0, 0.1) is 10.1 Å². The molecule has 2 aromatic carbocycles. The Morgan fingerprint density at radius 1 is 1.25 bits per heavy atom. The van der Waals surface area contributed by atoms with Gasteiger partial charge in [0, 0.05) is 12.1 Å². The lowest BCUT2D eigenvalue weighted by Crippen LogP contribution is -2.04. The van der Waals surface area contributed by atoms with E-state index in [-0.39, 0.29) is 34.4 Å². The zero-order chi connectivity index (χ0) is 20.9. The molecular weight excluding hydrogens is 403 g/mol. The van der Waals surface area contributed by atoms with Crippen LogP contribution in [0.5, 0.6) is 11.5 Å². The standard InChI is InChI=1S/C18H13ClF3NO5/c1-2-27-17(24)8-3-11-9-13(5-6-15(11)23(25)26)28-16-7-4-12(10-14(16)19)18(20,21)22/h3-10H,2H2,1H3. The topological polar surface area (TPSA) is 78.7 Å². The molecule has 0 fully saturated rings. The molecule has 0 amide bonds. The van der Waals surface area contributed by atoms with Gasteiger partial charge in [-0.15, -0.1) is 0 Å². The first kappa shape index (κ1) is 21.2. The van der Waals surface area contributed by atoms with Gasteiger partial charge in [-0.2, -0.15) is 13.2 Å². The molecule has 0 unspecified atom stereocenters. The fourth-order valence-corrected chi connectivity index (χ4v) is 2.35. The number of ether oxygens (including phenoxy) is 2. The van der Waals surface area contributed by atoms with E-state index < -0.39 is 22.6 Å². The largest absolute Gasteiger partial charge is 0.463 e. The number of esters is 1. The molecule has 148 valence electrons. The van der Waals surface area contributed by atoms with E-state index in [0.29, 0.717) is 6.07 Å². The van der Waals surface area contributed by atoms with Crippen molar-refractivity contribution >= 4 is 29.3 Å². The summed E-state index contributed by atoms with van der Waals surface area (Å²) in [6.45, 7) is 1.75. The molecule has 6 nitrogen and oxygen atoms in total. The Morgan fingerprint density at radius 2 is 1.96 bits per heavy atom. The van der Waals surface area contributed by atoms with Gasteiger partial charge in [0.15, 0.2) is 0 Å². The van der Waals surface area contributed by atoms with Crippen LogP contribution in [0.2, 0.25) is 5.02 Å². The Morgan fingerprint density at radius 3 is 2.54 bits per heavy atom. The highest BCUT2D eigenvalue weighted by Gasteiger charge is 2.31. The van der Waals surface area contributed by atoms with Crippen LogP contribution in [0.15, 0.2) is 42.5 Å². The molecule has 0 aromatic heterocycles. The average Bonchev–Trinajstić information content (AvgIpc) is 2.61. The number of carbonyl (C=O) groups is 1. The lowest BCUT2D eigenvalue weighted by Gasteiger charge is -2.11. The number of benzene rings is 2. The van der Waals surface area contributed by atoms with Gasteiger partial charge in [0.05, 0.1) is 27.7 Å². The predicted molar refractivity (Wildman–Crippen MR) is 95.3 cm³/mol. The maximum Gasteiger partial charge on any atom is 0.416 e. The molecule has 2 rings (SSSR count). The highest BCUT2D eigenvalue weighted by Crippen LogP contribution is 2.37. The SMILES string of the molecule is CCOC(=O)C=Cc1cc(Oc2ccc(C(F)(F)F)cc2Cl)ccc1[N+](=O)[O-]. The van der Waals surface area contributed by atoms with Gasteiger partial charge in [-0.05, 0) is 43.3 Å². The smallest absolute Gasteiger partial charge is 0.416 e. The van der Waals surface area contributed by atoms with Crippen molar-refractivity contribution in [3.8, 4) is 11.5 Å². The predicted octanol–water partition coefficient (Wildman–Crippen LogP) is 5.64. The second-order valence-electron chi connectivity index (χ2n) is 5.31. The molecule has 10 heteroatoms. The Labute approximate surface area is 162 Å². The van der Waals surface area contributed by atoms with Gasteiger partial charge in [0.2, 0.25) is 0 Å². The number of nitro benzene ring substituents is 1. The first-order chi connectivity index (χ1) is 13.1. The third-order valence-corrected chi connectivity index (χ3v) is 3.66. The van der Waals surface area contributed by atoms with E-state index in [0.717, 1.165) is 24.3 Å². The number of nitro groups is 1. The normalized spacial score (nSPS) is 11.5. The van der Waals surface area contributed by atoms with Gasteiger partial charge in [-0.25, -0.2) is 4.79 Å². The third-order valence-electron chi connectivity index (χ3n) is 3.37. The summed E-state index contributed by atoms with van der Waals surface area (Å²) in [4.78, 5) is 21.9. The van der Waals surface area contributed by atoms with Gasteiger partial charge >= 0.3 is 12.1 Å². The van der Waals surface area contributed by atoms with E-state index in [1.165, 1.54) is 18.2 Å². The summed E-state index contributed by atoms with van der Waals surface area (Å²) in [6.07, 6.45) is -2.36. The molecule has 0 atom stereocenters. The summed E-state index contributed by atoms with van der Waals surface area (Å²) < 4.78 is 48.2. The monoisotopic (exact) mass is 415 g/mol. The number of hydrogen-bond donors (Lipinski definition) is 0. The molecule has 0 aliphatic heterocycles. The van der Waals surface area contributed by atoms with E-state index >= 15 is 0 Å². The Hall–Kier alpha value is -3.07. The zero-order valence-corrected chi connectivity index (χ0v) is 15.1. The van der Waals surface area contributed by atoms with Crippen LogP contribution in [-0.4, -0.2) is 17.5 Å².